The SMILES string of the molecule is O=C(Nc1nc(N2CCCCC2)n[nH]1)c1cn(-c2ccccc2)nc1-c1ccccc1. The summed E-state index contributed by atoms with van der Waals surface area (Å²) in [5.74, 6) is 0.665. The van der Waals surface area contributed by atoms with Gasteiger partial charge in [0.1, 0.15) is 5.69 Å². The highest BCUT2D eigenvalue weighted by Crippen LogP contribution is 2.24. The van der Waals surface area contributed by atoms with Crippen molar-refractivity contribution in [3.8, 4) is 16.9 Å². The summed E-state index contributed by atoms with van der Waals surface area (Å²) in [5.41, 5.74) is 2.82. The maximum Gasteiger partial charge on any atom is 0.261 e. The van der Waals surface area contributed by atoms with Gasteiger partial charge in [-0.2, -0.15) is 10.1 Å². The highest BCUT2D eigenvalue weighted by Gasteiger charge is 2.21. The van der Waals surface area contributed by atoms with Gasteiger partial charge in [0.2, 0.25) is 11.9 Å². The van der Waals surface area contributed by atoms with Crippen molar-refractivity contribution in [1.82, 2.24) is 25.0 Å². The molecule has 2 aromatic carbocycles. The van der Waals surface area contributed by atoms with Crippen LogP contribution in [0.1, 0.15) is 29.6 Å². The van der Waals surface area contributed by atoms with Crippen LogP contribution in [0.4, 0.5) is 11.9 Å². The lowest BCUT2D eigenvalue weighted by Gasteiger charge is -2.24. The number of rotatable bonds is 5. The number of piperidine rings is 1. The number of nitrogens with one attached hydrogen (secondary N) is 2. The number of nitrogens with zero attached hydrogens (tertiary/aromatic N) is 5. The van der Waals surface area contributed by atoms with Crippen molar-refractivity contribution in [2.45, 2.75) is 19.3 Å². The van der Waals surface area contributed by atoms with Crippen LogP contribution in [0.15, 0.2) is 66.9 Å². The number of carbonyl (C=O) groups excluding carboxylic acids is 1. The van der Waals surface area contributed by atoms with Crippen molar-refractivity contribution < 1.29 is 4.79 Å². The van der Waals surface area contributed by atoms with E-state index in [-0.39, 0.29) is 5.91 Å². The fraction of sp³-hybridized carbons (Fsp3) is 0.217. The zero-order valence-electron chi connectivity index (χ0n) is 17.0. The molecule has 4 aromatic rings. The van der Waals surface area contributed by atoms with Crippen LogP contribution in [0.3, 0.4) is 0 Å². The van der Waals surface area contributed by atoms with E-state index >= 15 is 0 Å². The van der Waals surface area contributed by atoms with Crippen LogP contribution in [-0.2, 0) is 0 Å². The van der Waals surface area contributed by atoms with Gasteiger partial charge in [-0.15, -0.1) is 5.10 Å². The molecule has 1 amide bonds. The average Bonchev–Trinajstić information content (AvgIpc) is 3.49. The molecule has 0 saturated carbocycles. The molecule has 5 rings (SSSR count). The summed E-state index contributed by atoms with van der Waals surface area (Å²) in [6.07, 6.45) is 5.25. The molecule has 3 heterocycles. The van der Waals surface area contributed by atoms with E-state index in [1.165, 1.54) is 6.42 Å². The number of anilines is 2. The summed E-state index contributed by atoms with van der Waals surface area (Å²) in [6.45, 7) is 1.88. The number of amides is 1. The third kappa shape index (κ3) is 4.05. The Morgan fingerprint density at radius 1 is 0.935 bits per heavy atom. The van der Waals surface area contributed by atoms with Gasteiger partial charge in [-0.05, 0) is 31.4 Å². The van der Waals surface area contributed by atoms with Crippen LogP contribution >= 0.6 is 0 Å². The van der Waals surface area contributed by atoms with Crippen LogP contribution < -0.4 is 10.2 Å². The zero-order valence-corrected chi connectivity index (χ0v) is 17.0. The maximum absolute atomic E-state index is 13.2. The molecule has 2 aromatic heterocycles. The normalized spacial score (nSPS) is 13.9. The Labute approximate surface area is 179 Å². The summed E-state index contributed by atoms with van der Waals surface area (Å²) < 4.78 is 1.72. The number of benzene rings is 2. The molecule has 1 aliphatic heterocycles. The van der Waals surface area contributed by atoms with E-state index in [2.05, 4.69) is 25.4 Å². The van der Waals surface area contributed by atoms with Crippen LogP contribution in [0.5, 0.6) is 0 Å². The zero-order chi connectivity index (χ0) is 21.0. The van der Waals surface area contributed by atoms with E-state index in [1.54, 1.807) is 10.9 Å². The number of aromatic nitrogens is 5. The molecule has 8 heteroatoms. The van der Waals surface area contributed by atoms with Gasteiger partial charge >= 0.3 is 0 Å². The van der Waals surface area contributed by atoms with E-state index < -0.39 is 0 Å². The first-order valence-corrected chi connectivity index (χ1v) is 10.5. The lowest BCUT2D eigenvalue weighted by atomic mass is 10.1. The molecule has 1 aliphatic rings. The molecule has 1 fully saturated rings. The van der Waals surface area contributed by atoms with Gasteiger partial charge in [0.15, 0.2) is 0 Å². The standard InChI is InChI=1S/C23H23N7O/c31-21(24-22-25-23(27-26-22)29-14-8-3-9-15-29)19-16-30(18-12-6-2-7-13-18)28-20(19)17-10-4-1-5-11-17/h1-2,4-7,10-13,16H,3,8-9,14-15H2,(H2,24,25,26,27,31). The lowest BCUT2D eigenvalue weighted by Crippen LogP contribution is -2.30. The number of aromatic amines is 1. The summed E-state index contributed by atoms with van der Waals surface area (Å²) >= 11 is 0. The third-order valence-corrected chi connectivity index (χ3v) is 5.37. The lowest BCUT2D eigenvalue weighted by molar-refractivity contribution is 0.102. The van der Waals surface area contributed by atoms with E-state index in [0.717, 1.165) is 37.2 Å². The molecule has 156 valence electrons. The van der Waals surface area contributed by atoms with Gasteiger partial charge in [0.25, 0.3) is 5.91 Å². The van der Waals surface area contributed by atoms with Crippen LogP contribution in [0.25, 0.3) is 16.9 Å². The smallest absolute Gasteiger partial charge is 0.261 e. The summed E-state index contributed by atoms with van der Waals surface area (Å²) in [7, 11) is 0. The molecule has 31 heavy (non-hydrogen) atoms. The number of hydrogen-bond donors (Lipinski definition) is 2. The molecule has 8 nitrogen and oxygen atoms in total. The van der Waals surface area contributed by atoms with Crippen molar-refractivity contribution in [3.63, 3.8) is 0 Å². The van der Waals surface area contributed by atoms with Crippen molar-refractivity contribution in [2.24, 2.45) is 0 Å². The molecule has 0 atom stereocenters. The first-order valence-electron chi connectivity index (χ1n) is 10.5. The predicted molar refractivity (Wildman–Crippen MR) is 119 cm³/mol. The molecular formula is C23H23N7O. The first kappa shape index (κ1) is 19.0. The van der Waals surface area contributed by atoms with Crippen LogP contribution in [0, 0.1) is 0 Å². The molecule has 0 bridgehead atoms. The van der Waals surface area contributed by atoms with Gasteiger partial charge in [-0.1, -0.05) is 48.5 Å². The minimum absolute atomic E-state index is 0.289. The highest BCUT2D eigenvalue weighted by atomic mass is 16.1. The number of hydrogen-bond acceptors (Lipinski definition) is 5. The van der Waals surface area contributed by atoms with E-state index in [9.17, 15) is 4.79 Å². The number of para-hydroxylation sites is 1. The highest BCUT2D eigenvalue weighted by molar-refractivity contribution is 6.07. The Morgan fingerprint density at radius 2 is 1.65 bits per heavy atom. The first-order chi connectivity index (χ1) is 15.3. The average molecular weight is 413 g/mol. The Kier molecular flexibility index (Phi) is 5.18. The van der Waals surface area contributed by atoms with Crippen LogP contribution in [0.2, 0.25) is 0 Å². The quantitative estimate of drug-likeness (QED) is 0.518. The predicted octanol–water partition coefficient (Wildman–Crippen LogP) is 3.90. The molecule has 1 saturated heterocycles. The fourth-order valence-corrected chi connectivity index (χ4v) is 3.78. The van der Waals surface area contributed by atoms with E-state index in [1.807, 2.05) is 60.7 Å². The van der Waals surface area contributed by atoms with E-state index in [0.29, 0.717) is 23.2 Å². The van der Waals surface area contributed by atoms with Gasteiger partial charge in [0, 0.05) is 24.8 Å². The van der Waals surface area contributed by atoms with Crippen LogP contribution in [-0.4, -0.2) is 44.0 Å². The van der Waals surface area contributed by atoms with E-state index in [4.69, 9.17) is 5.10 Å². The molecule has 0 unspecified atom stereocenters. The second kappa shape index (κ2) is 8.43. The fourth-order valence-electron chi connectivity index (χ4n) is 3.78. The number of H-pyrrole nitrogens is 1. The van der Waals surface area contributed by atoms with Crippen molar-refractivity contribution >= 4 is 17.8 Å². The largest absolute Gasteiger partial charge is 0.340 e. The van der Waals surface area contributed by atoms with Gasteiger partial charge in [0.05, 0.1) is 11.3 Å². The van der Waals surface area contributed by atoms with Gasteiger partial charge < -0.3 is 4.90 Å². The Hall–Kier alpha value is -3.94. The molecule has 0 aliphatic carbocycles. The Morgan fingerprint density at radius 3 is 2.39 bits per heavy atom. The minimum atomic E-state index is -0.289. The minimum Gasteiger partial charge on any atom is -0.340 e. The Balaban J connectivity index is 1.44. The summed E-state index contributed by atoms with van der Waals surface area (Å²) in [4.78, 5) is 19.8. The maximum atomic E-state index is 13.2. The van der Waals surface area contributed by atoms with Crippen molar-refractivity contribution in [2.75, 3.05) is 23.3 Å². The summed E-state index contributed by atoms with van der Waals surface area (Å²) in [6, 6.07) is 19.4. The second-order valence-electron chi connectivity index (χ2n) is 7.52. The number of carbonyl (C=O) groups is 1. The van der Waals surface area contributed by atoms with Gasteiger partial charge in [-0.25, -0.2) is 9.78 Å². The summed E-state index contributed by atoms with van der Waals surface area (Å²) in [5, 5.41) is 14.7. The molecular weight excluding hydrogens is 390 g/mol. The van der Waals surface area contributed by atoms with Crippen molar-refractivity contribution in [3.05, 3.63) is 72.4 Å². The molecule has 0 radical (unpaired) electrons. The third-order valence-electron chi connectivity index (χ3n) is 5.37. The monoisotopic (exact) mass is 413 g/mol. The molecule has 2 N–H and O–H groups in total. The van der Waals surface area contributed by atoms with Gasteiger partial charge in [-0.3, -0.25) is 10.1 Å². The van der Waals surface area contributed by atoms with Crippen molar-refractivity contribution in [1.29, 1.82) is 0 Å². The topological polar surface area (TPSA) is 91.7 Å². The second-order valence-corrected chi connectivity index (χ2v) is 7.52. The Bertz CT molecular complexity index is 1160. The molecule has 0 spiro atoms.